The van der Waals surface area contributed by atoms with Gasteiger partial charge >= 0.3 is 0 Å². The van der Waals surface area contributed by atoms with E-state index >= 15 is 0 Å². The highest BCUT2D eigenvalue weighted by Gasteiger charge is 2.34. The quantitative estimate of drug-likeness (QED) is 0.173. The van der Waals surface area contributed by atoms with E-state index in [1.165, 1.54) is 9.78 Å². The van der Waals surface area contributed by atoms with Gasteiger partial charge in [-0.2, -0.15) is 0 Å². The molecule has 4 rings (SSSR count). The van der Waals surface area contributed by atoms with Gasteiger partial charge in [-0.25, -0.2) is 0 Å². The first-order chi connectivity index (χ1) is 20.0. The molecule has 0 spiro atoms. The van der Waals surface area contributed by atoms with Gasteiger partial charge in [0, 0.05) is 38.1 Å². The van der Waals surface area contributed by atoms with Gasteiger partial charge in [0.15, 0.2) is 0 Å². The van der Waals surface area contributed by atoms with Crippen LogP contribution in [0.3, 0.4) is 0 Å². The van der Waals surface area contributed by atoms with Crippen molar-refractivity contribution < 1.29 is 23.9 Å². The number of rotatable bonds is 17. The van der Waals surface area contributed by atoms with E-state index < -0.39 is 0 Å². The fourth-order valence-corrected chi connectivity index (χ4v) is 6.95. The fraction of sp³-hybridized carbons (Fsp3) is 0.562. The Labute approximate surface area is 247 Å². The maximum Gasteiger partial charge on any atom is 0.261 e. The lowest BCUT2D eigenvalue weighted by molar-refractivity contribution is -0.116. The van der Waals surface area contributed by atoms with Gasteiger partial charge in [0.1, 0.15) is 5.00 Å². The molecule has 0 unspecified atom stereocenters. The summed E-state index contributed by atoms with van der Waals surface area (Å²) in [4.78, 5) is 53.2. The van der Waals surface area contributed by atoms with Crippen LogP contribution in [0.1, 0.15) is 119 Å². The van der Waals surface area contributed by atoms with E-state index in [0.717, 1.165) is 89.0 Å². The molecule has 9 heteroatoms. The zero-order valence-electron chi connectivity index (χ0n) is 24.2. The maximum absolute atomic E-state index is 13.0. The minimum atomic E-state index is -0.175. The van der Waals surface area contributed by atoms with Crippen LogP contribution in [0.5, 0.6) is 0 Å². The number of fused-ring (bicyclic) bond motifs is 2. The first kappa shape index (κ1) is 30.9. The normalized spacial score (nSPS) is 14.2. The molecule has 0 bridgehead atoms. The van der Waals surface area contributed by atoms with Crippen LogP contribution in [0.15, 0.2) is 24.3 Å². The zero-order chi connectivity index (χ0) is 29.0. The number of hydrogen-bond donors (Lipinski definition) is 2. The summed E-state index contributed by atoms with van der Waals surface area (Å²) in [6.45, 7) is 1.63. The summed E-state index contributed by atoms with van der Waals surface area (Å²) in [5, 5.41) is 6.75. The largest absolute Gasteiger partial charge is 0.385 e. The van der Waals surface area contributed by atoms with Crippen molar-refractivity contribution in [3.8, 4) is 0 Å². The average Bonchev–Trinajstić information content (AvgIpc) is 3.46. The molecule has 1 aromatic carbocycles. The summed E-state index contributed by atoms with van der Waals surface area (Å²) in [6.07, 6.45) is 13.3. The van der Waals surface area contributed by atoms with E-state index in [4.69, 9.17) is 4.74 Å². The molecule has 41 heavy (non-hydrogen) atoms. The topological polar surface area (TPSA) is 105 Å². The molecular formula is C32H43N3O5S. The summed E-state index contributed by atoms with van der Waals surface area (Å²) in [5.74, 6) is -0.471. The number of benzene rings is 1. The molecule has 1 aliphatic heterocycles. The van der Waals surface area contributed by atoms with Crippen molar-refractivity contribution in [1.29, 1.82) is 0 Å². The molecule has 8 nitrogen and oxygen atoms in total. The predicted octanol–water partition coefficient (Wildman–Crippen LogP) is 6.14. The summed E-state index contributed by atoms with van der Waals surface area (Å²) in [6, 6.07) is 7.02. The van der Waals surface area contributed by atoms with Gasteiger partial charge in [0.05, 0.1) is 16.7 Å². The van der Waals surface area contributed by atoms with Gasteiger partial charge in [-0.05, 0) is 62.6 Å². The van der Waals surface area contributed by atoms with Crippen LogP contribution < -0.4 is 10.6 Å². The Hall–Kier alpha value is -3.04. The highest BCUT2D eigenvalue weighted by Crippen LogP contribution is 2.38. The maximum atomic E-state index is 13.0. The number of thiophene rings is 1. The lowest BCUT2D eigenvalue weighted by Gasteiger charge is -2.13. The summed E-state index contributed by atoms with van der Waals surface area (Å²) < 4.78 is 5.07. The number of aryl methyl sites for hydroxylation is 1. The molecular weight excluding hydrogens is 538 g/mol. The van der Waals surface area contributed by atoms with Crippen LogP contribution in [0.2, 0.25) is 0 Å². The van der Waals surface area contributed by atoms with Crippen LogP contribution in [-0.2, 0) is 22.4 Å². The van der Waals surface area contributed by atoms with Crippen LogP contribution in [-0.4, -0.2) is 55.3 Å². The highest BCUT2D eigenvalue weighted by atomic mass is 32.1. The number of nitrogens with zero attached hydrogens (tertiary/aromatic N) is 1. The van der Waals surface area contributed by atoms with Crippen molar-refractivity contribution >= 4 is 40.0 Å². The molecule has 0 fully saturated rings. The Kier molecular flexibility index (Phi) is 11.9. The summed E-state index contributed by atoms with van der Waals surface area (Å²) in [5.41, 5.74) is 2.81. The van der Waals surface area contributed by atoms with Crippen LogP contribution in [0.4, 0.5) is 5.00 Å². The number of amides is 4. The van der Waals surface area contributed by atoms with Crippen LogP contribution in [0, 0.1) is 0 Å². The Morgan fingerprint density at radius 3 is 2.20 bits per heavy atom. The van der Waals surface area contributed by atoms with Crippen molar-refractivity contribution in [2.45, 2.75) is 89.9 Å². The second-order valence-electron chi connectivity index (χ2n) is 11.0. The first-order valence-electron chi connectivity index (χ1n) is 15.2. The first-order valence-corrected chi connectivity index (χ1v) is 16.0. The lowest BCUT2D eigenvalue weighted by Crippen LogP contribution is -2.30. The number of hydrogen-bond acceptors (Lipinski definition) is 6. The zero-order valence-corrected chi connectivity index (χ0v) is 25.0. The number of ether oxygens (including phenoxy) is 1. The molecule has 0 saturated carbocycles. The number of nitrogens with one attached hydrogen (secondary N) is 2. The van der Waals surface area contributed by atoms with Crippen molar-refractivity contribution in [2.75, 3.05) is 32.1 Å². The van der Waals surface area contributed by atoms with E-state index in [0.29, 0.717) is 47.8 Å². The SMILES string of the molecule is COCCCNC(=O)c1c(NC(=O)CCCCCCCCCCN2C(=O)c3ccccc3C2=O)sc2c1CCCC2. The van der Waals surface area contributed by atoms with E-state index in [1.807, 2.05) is 0 Å². The molecule has 0 radical (unpaired) electrons. The van der Waals surface area contributed by atoms with Gasteiger partial charge in [0.25, 0.3) is 17.7 Å². The van der Waals surface area contributed by atoms with Gasteiger partial charge in [-0.3, -0.25) is 24.1 Å². The van der Waals surface area contributed by atoms with Crippen LogP contribution in [0.25, 0.3) is 0 Å². The molecule has 2 aliphatic rings. The van der Waals surface area contributed by atoms with Gasteiger partial charge in [-0.1, -0.05) is 50.7 Å². The minimum Gasteiger partial charge on any atom is -0.385 e. The monoisotopic (exact) mass is 581 g/mol. The van der Waals surface area contributed by atoms with E-state index in [2.05, 4.69) is 10.6 Å². The van der Waals surface area contributed by atoms with Gasteiger partial charge < -0.3 is 15.4 Å². The van der Waals surface area contributed by atoms with E-state index in [1.54, 1.807) is 42.7 Å². The Bertz CT molecular complexity index is 1190. The molecule has 0 atom stereocenters. The molecule has 1 aliphatic carbocycles. The van der Waals surface area contributed by atoms with Crippen molar-refractivity contribution in [1.82, 2.24) is 10.2 Å². The van der Waals surface area contributed by atoms with Crippen molar-refractivity contribution in [2.24, 2.45) is 0 Å². The van der Waals surface area contributed by atoms with Crippen molar-refractivity contribution in [3.63, 3.8) is 0 Å². The second-order valence-corrected chi connectivity index (χ2v) is 12.1. The van der Waals surface area contributed by atoms with Gasteiger partial charge in [0.2, 0.25) is 5.91 Å². The third-order valence-corrected chi connectivity index (χ3v) is 9.08. The third-order valence-electron chi connectivity index (χ3n) is 7.88. The minimum absolute atomic E-state index is 0.0230. The smallest absolute Gasteiger partial charge is 0.261 e. The lowest BCUT2D eigenvalue weighted by atomic mass is 9.95. The Morgan fingerprint density at radius 1 is 0.878 bits per heavy atom. The molecule has 2 aromatic rings. The van der Waals surface area contributed by atoms with Crippen molar-refractivity contribution in [3.05, 3.63) is 51.4 Å². The van der Waals surface area contributed by atoms with E-state index in [9.17, 15) is 19.2 Å². The number of carbonyl (C=O) groups excluding carboxylic acids is 4. The fourth-order valence-electron chi connectivity index (χ4n) is 5.65. The average molecular weight is 582 g/mol. The number of unbranched alkanes of at least 4 members (excludes halogenated alkanes) is 7. The second kappa shape index (κ2) is 15.8. The Morgan fingerprint density at radius 2 is 1.51 bits per heavy atom. The number of anilines is 1. The molecule has 4 amide bonds. The predicted molar refractivity (Wildman–Crippen MR) is 162 cm³/mol. The molecule has 0 saturated heterocycles. The molecule has 2 heterocycles. The number of methoxy groups -OCH3 is 1. The van der Waals surface area contributed by atoms with E-state index in [-0.39, 0.29) is 23.6 Å². The third kappa shape index (κ3) is 8.26. The molecule has 1 aromatic heterocycles. The number of carbonyl (C=O) groups is 4. The Balaban J connectivity index is 1.09. The standard InChI is InChI=1S/C32H43N3O5S/c1-40-22-14-20-33-29(37)28-25-17-11-12-18-26(25)41-30(28)34-27(36)19-8-6-4-2-3-5-7-13-21-35-31(38)23-15-9-10-16-24(23)32(35)39/h9-10,15-16H,2-8,11-14,17-22H2,1H3,(H,33,37)(H,34,36). The number of imide groups is 1. The highest BCUT2D eigenvalue weighted by molar-refractivity contribution is 7.17. The van der Waals surface area contributed by atoms with Crippen LogP contribution >= 0.6 is 11.3 Å². The summed E-state index contributed by atoms with van der Waals surface area (Å²) in [7, 11) is 1.65. The summed E-state index contributed by atoms with van der Waals surface area (Å²) >= 11 is 1.57. The van der Waals surface area contributed by atoms with Gasteiger partial charge in [-0.15, -0.1) is 11.3 Å². The molecule has 2 N–H and O–H groups in total. The molecule has 222 valence electrons.